The van der Waals surface area contributed by atoms with Gasteiger partial charge in [-0.1, -0.05) is 37.5 Å². The lowest BCUT2D eigenvalue weighted by molar-refractivity contribution is -0.120. The molecule has 0 bridgehead atoms. The number of hydrogen-bond donors (Lipinski definition) is 3. The maximum atomic E-state index is 12.5. The number of imidazole rings is 1. The van der Waals surface area contributed by atoms with Gasteiger partial charge in [-0.05, 0) is 49.2 Å². The Morgan fingerprint density at radius 3 is 2.42 bits per heavy atom. The van der Waals surface area contributed by atoms with E-state index in [1.165, 1.54) is 6.42 Å². The van der Waals surface area contributed by atoms with Gasteiger partial charge in [-0.25, -0.2) is 9.97 Å². The maximum Gasteiger partial charge on any atom is 0.256 e. The first-order valence-electron chi connectivity index (χ1n) is 11.3. The molecular weight excluding hydrogens is 414 g/mol. The highest BCUT2D eigenvalue weighted by molar-refractivity contribution is 6.04. The van der Waals surface area contributed by atoms with Crippen molar-refractivity contribution in [1.82, 2.24) is 15.0 Å². The molecular formula is C26H25N5O2. The molecule has 5 rings (SSSR count). The van der Waals surface area contributed by atoms with Crippen LogP contribution in [-0.4, -0.2) is 26.8 Å². The van der Waals surface area contributed by atoms with Crippen LogP contribution in [0.3, 0.4) is 0 Å². The standard InChI is InChI=1S/C26H25N5O2/c32-25(18-7-3-1-4-8-18)28-20-13-11-17(12-14-20)24-29-21-15-23(27-16-22(21)30-24)31-26(33)19-9-5-2-6-10-19/h2,5-6,9-16,18H,1,3-4,7-8H2,(H,28,32)(H,29,30)(H,27,31,33). The molecule has 0 atom stereocenters. The van der Waals surface area contributed by atoms with Crippen LogP contribution < -0.4 is 10.6 Å². The van der Waals surface area contributed by atoms with Crippen LogP contribution in [0.4, 0.5) is 11.5 Å². The molecule has 33 heavy (non-hydrogen) atoms. The molecule has 1 saturated carbocycles. The van der Waals surface area contributed by atoms with Gasteiger partial charge in [0.2, 0.25) is 5.91 Å². The van der Waals surface area contributed by atoms with E-state index in [2.05, 4.69) is 25.6 Å². The second kappa shape index (κ2) is 9.24. The van der Waals surface area contributed by atoms with Gasteiger partial charge in [0.15, 0.2) is 0 Å². The van der Waals surface area contributed by atoms with E-state index in [1.54, 1.807) is 24.4 Å². The fourth-order valence-corrected chi connectivity index (χ4v) is 4.21. The van der Waals surface area contributed by atoms with E-state index in [0.717, 1.165) is 42.5 Å². The lowest BCUT2D eigenvalue weighted by atomic mass is 9.88. The Hall–Kier alpha value is -4.00. The van der Waals surface area contributed by atoms with Gasteiger partial charge in [-0.15, -0.1) is 0 Å². The second-order valence-corrected chi connectivity index (χ2v) is 8.39. The number of hydrogen-bond acceptors (Lipinski definition) is 4. The molecule has 0 radical (unpaired) electrons. The van der Waals surface area contributed by atoms with Gasteiger partial charge >= 0.3 is 0 Å². The predicted molar refractivity (Wildman–Crippen MR) is 129 cm³/mol. The lowest BCUT2D eigenvalue weighted by Crippen LogP contribution is -2.24. The molecule has 7 heteroatoms. The van der Waals surface area contributed by atoms with Crippen molar-refractivity contribution in [1.29, 1.82) is 0 Å². The average molecular weight is 440 g/mol. The van der Waals surface area contributed by atoms with Crippen molar-refractivity contribution in [2.24, 2.45) is 5.92 Å². The zero-order valence-electron chi connectivity index (χ0n) is 18.2. The van der Waals surface area contributed by atoms with E-state index in [4.69, 9.17) is 0 Å². The minimum atomic E-state index is -0.218. The van der Waals surface area contributed by atoms with E-state index in [-0.39, 0.29) is 17.7 Å². The van der Waals surface area contributed by atoms with Gasteiger partial charge in [-0.2, -0.15) is 0 Å². The first-order chi connectivity index (χ1) is 16.2. The summed E-state index contributed by atoms with van der Waals surface area (Å²) in [5.41, 5.74) is 3.74. The zero-order chi connectivity index (χ0) is 22.6. The molecule has 1 aliphatic carbocycles. The molecule has 166 valence electrons. The molecule has 0 saturated heterocycles. The molecule has 0 aliphatic heterocycles. The third kappa shape index (κ3) is 4.77. The number of aromatic nitrogens is 3. The van der Waals surface area contributed by atoms with E-state index in [0.29, 0.717) is 22.7 Å². The molecule has 2 aromatic carbocycles. The van der Waals surface area contributed by atoms with Crippen molar-refractivity contribution in [3.8, 4) is 11.4 Å². The van der Waals surface area contributed by atoms with E-state index in [9.17, 15) is 9.59 Å². The monoisotopic (exact) mass is 439 g/mol. The molecule has 1 aliphatic rings. The summed E-state index contributed by atoms with van der Waals surface area (Å²) in [6, 6.07) is 18.4. The molecule has 7 nitrogen and oxygen atoms in total. The van der Waals surface area contributed by atoms with Crippen LogP contribution in [0, 0.1) is 5.92 Å². The lowest BCUT2D eigenvalue weighted by Gasteiger charge is -2.20. The highest BCUT2D eigenvalue weighted by atomic mass is 16.2. The average Bonchev–Trinajstić information content (AvgIpc) is 3.29. The first-order valence-corrected chi connectivity index (χ1v) is 11.3. The Balaban J connectivity index is 1.28. The van der Waals surface area contributed by atoms with Crippen molar-refractivity contribution < 1.29 is 9.59 Å². The smallest absolute Gasteiger partial charge is 0.256 e. The number of rotatable bonds is 5. The summed E-state index contributed by atoms with van der Waals surface area (Å²) in [6.45, 7) is 0. The third-order valence-corrected chi connectivity index (χ3v) is 6.05. The SMILES string of the molecule is O=C(Nc1cc2nc(-c3ccc(NC(=O)C4CCCCC4)cc3)[nH]c2cn1)c1ccccc1. The number of aromatic amines is 1. The van der Waals surface area contributed by atoms with Crippen molar-refractivity contribution in [2.75, 3.05) is 10.6 Å². The summed E-state index contributed by atoms with van der Waals surface area (Å²) in [5, 5.41) is 5.84. The van der Waals surface area contributed by atoms with E-state index in [1.807, 2.05) is 42.5 Å². The number of H-pyrrole nitrogens is 1. The van der Waals surface area contributed by atoms with Crippen LogP contribution in [0.5, 0.6) is 0 Å². The predicted octanol–water partition coefficient (Wildman–Crippen LogP) is 5.40. The molecule has 3 N–H and O–H groups in total. The van der Waals surface area contributed by atoms with Gasteiger partial charge in [0, 0.05) is 28.8 Å². The summed E-state index contributed by atoms with van der Waals surface area (Å²) in [4.78, 5) is 37.1. The second-order valence-electron chi connectivity index (χ2n) is 8.39. The van der Waals surface area contributed by atoms with Crippen LogP contribution >= 0.6 is 0 Å². The first kappa shape index (κ1) is 20.9. The third-order valence-electron chi connectivity index (χ3n) is 6.05. The van der Waals surface area contributed by atoms with Gasteiger partial charge in [-0.3, -0.25) is 9.59 Å². The van der Waals surface area contributed by atoms with Crippen LogP contribution in [-0.2, 0) is 4.79 Å². The van der Waals surface area contributed by atoms with Gasteiger partial charge in [0.1, 0.15) is 11.6 Å². The topological polar surface area (TPSA) is 99.8 Å². The largest absolute Gasteiger partial charge is 0.337 e. The molecule has 2 aromatic heterocycles. The molecule has 0 unspecified atom stereocenters. The van der Waals surface area contributed by atoms with Crippen molar-refractivity contribution >= 4 is 34.4 Å². The van der Waals surface area contributed by atoms with Gasteiger partial charge in [0.05, 0.1) is 17.2 Å². The van der Waals surface area contributed by atoms with Crippen LogP contribution in [0.1, 0.15) is 42.5 Å². The maximum absolute atomic E-state index is 12.5. The fraction of sp³-hybridized carbons (Fsp3) is 0.231. The number of nitrogens with one attached hydrogen (secondary N) is 3. The van der Waals surface area contributed by atoms with Crippen molar-refractivity contribution in [2.45, 2.75) is 32.1 Å². The highest BCUT2D eigenvalue weighted by Gasteiger charge is 2.21. The summed E-state index contributed by atoms with van der Waals surface area (Å²) in [6.07, 6.45) is 7.11. The molecule has 0 spiro atoms. The number of nitrogens with zero attached hydrogens (tertiary/aromatic N) is 2. The van der Waals surface area contributed by atoms with E-state index < -0.39 is 0 Å². The number of carbonyl (C=O) groups is 2. The van der Waals surface area contributed by atoms with E-state index >= 15 is 0 Å². The number of anilines is 2. The zero-order valence-corrected chi connectivity index (χ0v) is 18.2. The molecule has 2 heterocycles. The number of fused-ring (bicyclic) bond motifs is 1. The Morgan fingerprint density at radius 1 is 0.909 bits per heavy atom. The Morgan fingerprint density at radius 2 is 1.67 bits per heavy atom. The Labute approximate surface area is 191 Å². The Kier molecular flexibility index (Phi) is 5.85. The number of pyridine rings is 1. The van der Waals surface area contributed by atoms with Crippen LogP contribution in [0.15, 0.2) is 66.9 Å². The molecule has 2 amide bonds. The summed E-state index contributed by atoms with van der Waals surface area (Å²) >= 11 is 0. The van der Waals surface area contributed by atoms with Gasteiger partial charge < -0.3 is 15.6 Å². The molecule has 1 fully saturated rings. The van der Waals surface area contributed by atoms with Crippen molar-refractivity contribution in [3.63, 3.8) is 0 Å². The number of amides is 2. The Bertz CT molecular complexity index is 1280. The van der Waals surface area contributed by atoms with Gasteiger partial charge in [0.25, 0.3) is 5.91 Å². The normalized spacial score (nSPS) is 14.2. The van der Waals surface area contributed by atoms with Crippen LogP contribution in [0.2, 0.25) is 0 Å². The molecule has 4 aromatic rings. The minimum absolute atomic E-state index is 0.113. The number of carbonyl (C=O) groups excluding carboxylic acids is 2. The van der Waals surface area contributed by atoms with Crippen molar-refractivity contribution in [3.05, 3.63) is 72.4 Å². The fourth-order valence-electron chi connectivity index (χ4n) is 4.21. The summed E-state index contributed by atoms with van der Waals surface area (Å²) in [7, 11) is 0. The minimum Gasteiger partial charge on any atom is -0.337 e. The summed E-state index contributed by atoms with van der Waals surface area (Å²) < 4.78 is 0. The van der Waals surface area contributed by atoms with Crippen LogP contribution in [0.25, 0.3) is 22.4 Å². The summed E-state index contributed by atoms with van der Waals surface area (Å²) in [5.74, 6) is 1.16. The number of benzene rings is 2. The highest BCUT2D eigenvalue weighted by Crippen LogP contribution is 2.26. The quantitative estimate of drug-likeness (QED) is 0.388.